The van der Waals surface area contributed by atoms with E-state index >= 15 is 0 Å². The van der Waals surface area contributed by atoms with Crippen molar-refractivity contribution in [3.8, 4) is 0 Å². The van der Waals surface area contributed by atoms with Crippen LogP contribution in [0, 0.1) is 10.1 Å². The number of nitrogens with zero attached hydrogens (tertiary/aromatic N) is 4. The van der Waals surface area contributed by atoms with Gasteiger partial charge in [0.2, 0.25) is 5.82 Å². The molecule has 0 amide bonds. The van der Waals surface area contributed by atoms with E-state index in [9.17, 15) is 10.1 Å². The molecule has 1 unspecified atom stereocenters. The van der Waals surface area contributed by atoms with Gasteiger partial charge in [0.1, 0.15) is 5.69 Å². The number of nitro groups is 1. The fourth-order valence-corrected chi connectivity index (χ4v) is 2.91. The lowest BCUT2D eigenvalue weighted by atomic mass is 10.0. The predicted molar refractivity (Wildman–Crippen MR) is 78.2 cm³/mol. The van der Waals surface area contributed by atoms with Gasteiger partial charge in [-0.1, -0.05) is 13.3 Å². The van der Waals surface area contributed by atoms with Crippen molar-refractivity contribution in [2.45, 2.75) is 38.6 Å². The van der Waals surface area contributed by atoms with E-state index in [1.165, 1.54) is 12.8 Å². The monoisotopic (exact) mass is 281 g/mol. The first-order valence-electron chi connectivity index (χ1n) is 7.19. The van der Waals surface area contributed by atoms with Gasteiger partial charge in [0.05, 0.1) is 4.92 Å². The first kappa shape index (κ1) is 14.8. The van der Waals surface area contributed by atoms with Crippen LogP contribution in [0.3, 0.4) is 0 Å². The molecule has 0 saturated carbocycles. The van der Waals surface area contributed by atoms with Crippen LogP contribution in [0.5, 0.6) is 0 Å². The lowest BCUT2D eigenvalue weighted by Gasteiger charge is -2.28. The highest BCUT2D eigenvalue weighted by atomic mass is 16.6. The molecule has 1 N–H and O–H groups in total. The molecular formula is C13H23N5O2. The van der Waals surface area contributed by atoms with Gasteiger partial charge in [0.25, 0.3) is 0 Å². The molecule has 1 saturated heterocycles. The summed E-state index contributed by atoms with van der Waals surface area (Å²) in [5.41, 5.74) is 0.698. The van der Waals surface area contributed by atoms with Crippen molar-refractivity contribution in [1.82, 2.24) is 15.1 Å². The van der Waals surface area contributed by atoms with Crippen molar-refractivity contribution >= 4 is 11.5 Å². The van der Waals surface area contributed by atoms with Gasteiger partial charge in [-0.25, -0.2) is 4.68 Å². The van der Waals surface area contributed by atoms with Crippen LogP contribution < -0.4 is 10.2 Å². The first-order chi connectivity index (χ1) is 9.54. The van der Waals surface area contributed by atoms with Crippen molar-refractivity contribution < 1.29 is 4.92 Å². The molecule has 0 aliphatic carbocycles. The Balaban J connectivity index is 2.21. The second-order valence-corrected chi connectivity index (χ2v) is 5.38. The molecule has 1 aliphatic heterocycles. The fraction of sp³-hybridized carbons (Fsp3) is 0.769. The predicted octanol–water partition coefficient (Wildman–Crippen LogP) is 1.47. The maximum absolute atomic E-state index is 11.3. The summed E-state index contributed by atoms with van der Waals surface area (Å²) in [7, 11) is 3.67. The van der Waals surface area contributed by atoms with E-state index in [4.69, 9.17) is 0 Å². The summed E-state index contributed by atoms with van der Waals surface area (Å²) in [5.74, 6) is 0.597. The van der Waals surface area contributed by atoms with Gasteiger partial charge in [-0.3, -0.25) is 10.1 Å². The van der Waals surface area contributed by atoms with Crippen molar-refractivity contribution in [2.75, 3.05) is 25.0 Å². The van der Waals surface area contributed by atoms with E-state index in [2.05, 4.69) is 10.4 Å². The number of rotatable bonds is 5. The second kappa shape index (κ2) is 6.21. The minimum absolute atomic E-state index is 0.147. The van der Waals surface area contributed by atoms with E-state index in [0.29, 0.717) is 24.0 Å². The Kier molecular flexibility index (Phi) is 4.59. The van der Waals surface area contributed by atoms with E-state index in [1.807, 2.05) is 18.9 Å². The van der Waals surface area contributed by atoms with Crippen molar-refractivity contribution in [3.05, 3.63) is 15.8 Å². The number of aromatic nitrogens is 2. The number of nitrogens with one attached hydrogen (secondary N) is 1. The lowest BCUT2D eigenvalue weighted by molar-refractivity contribution is -0.384. The molecule has 0 radical (unpaired) electrons. The maximum Gasteiger partial charge on any atom is 0.334 e. The summed E-state index contributed by atoms with van der Waals surface area (Å²) in [6, 6.07) is 0.397. The topological polar surface area (TPSA) is 76.2 Å². The highest BCUT2D eigenvalue weighted by Crippen LogP contribution is 2.31. The van der Waals surface area contributed by atoms with Crippen LogP contribution in [0.2, 0.25) is 0 Å². The third-order valence-corrected chi connectivity index (χ3v) is 3.85. The number of hydrogen-bond donors (Lipinski definition) is 1. The molecule has 7 nitrogen and oxygen atoms in total. The van der Waals surface area contributed by atoms with Crippen LogP contribution in [0.1, 0.15) is 31.9 Å². The summed E-state index contributed by atoms with van der Waals surface area (Å²) >= 11 is 0. The molecular weight excluding hydrogens is 258 g/mol. The molecule has 1 atom stereocenters. The van der Waals surface area contributed by atoms with Crippen LogP contribution >= 0.6 is 0 Å². The van der Waals surface area contributed by atoms with Gasteiger partial charge in [0, 0.05) is 26.7 Å². The van der Waals surface area contributed by atoms with E-state index < -0.39 is 0 Å². The van der Waals surface area contributed by atoms with Gasteiger partial charge < -0.3 is 10.2 Å². The normalized spacial score (nSPS) is 19.1. The molecule has 20 heavy (non-hydrogen) atoms. The molecule has 0 spiro atoms. The van der Waals surface area contributed by atoms with Crippen LogP contribution in [-0.2, 0) is 13.5 Å². The second-order valence-electron chi connectivity index (χ2n) is 5.38. The summed E-state index contributed by atoms with van der Waals surface area (Å²) in [4.78, 5) is 13.0. The first-order valence-corrected chi connectivity index (χ1v) is 7.19. The van der Waals surface area contributed by atoms with Gasteiger partial charge in [0.15, 0.2) is 0 Å². The molecule has 2 heterocycles. The van der Waals surface area contributed by atoms with Crippen molar-refractivity contribution in [1.29, 1.82) is 0 Å². The number of hydrogen-bond acceptors (Lipinski definition) is 5. The Morgan fingerprint density at radius 2 is 2.30 bits per heavy atom. The third-order valence-electron chi connectivity index (χ3n) is 3.85. The Morgan fingerprint density at radius 3 is 2.85 bits per heavy atom. The molecule has 2 rings (SSSR count). The van der Waals surface area contributed by atoms with Gasteiger partial charge in [-0.2, -0.15) is 5.10 Å². The fourth-order valence-electron chi connectivity index (χ4n) is 2.91. The average molecular weight is 281 g/mol. The standard InChI is InChI=1S/C13H23N5O2/c1-4-11-12(18(19)20)13(17(3)15-11)16(2)9-10-7-5-6-8-14-10/h10,14H,4-9H2,1-3H3. The van der Waals surface area contributed by atoms with E-state index in [-0.39, 0.29) is 10.6 Å². The minimum atomic E-state index is -0.314. The number of anilines is 1. The molecule has 1 aromatic rings. The van der Waals surface area contributed by atoms with Gasteiger partial charge in [-0.05, 0) is 25.8 Å². The molecule has 1 fully saturated rings. The quantitative estimate of drug-likeness (QED) is 0.653. The lowest BCUT2D eigenvalue weighted by Crippen LogP contribution is -2.43. The molecule has 112 valence electrons. The Labute approximate surface area is 119 Å². The zero-order chi connectivity index (χ0) is 14.7. The zero-order valence-corrected chi connectivity index (χ0v) is 12.4. The maximum atomic E-state index is 11.3. The summed E-state index contributed by atoms with van der Waals surface area (Å²) in [6.07, 6.45) is 4.13. The van der Waals surface area contributed by atoms with Gasteiger partial charge in [-0.15, -0.1) is 0 Å². The highest BCUT2D eigenvalue weighted by molar-refractivity contribution is 5.61. The third kappa shape index (κ3) is 2.92. The summed E-state index contributed by atoms with van der Waals surface area (Å²) in [6.45, 7) is 3.69. The highest BCUT2D eigenvalue weighted by Gasteiger charge is 2.29. The summed E-state index contributed by atoms with van der Waals surface area (Å²) < 4.78 is 1.62. The van der Waals surface area contributed by atoms with Gasteiger partial charge >= 0.3 is 5.69 Å². The number of likely N-dealkylation sites (N-methyl/N-ethyl adjacent to an activating group) is 1. The Hall–Kier alpha value is -1.63. The molecule has 0 aromatic carbocycles. The van der Waals surface area contributed by atoms with Crippen LogP contribution in [0.25, 0.3) is 0 Å². The minimum Gasteiger partial charge on any atom is -0.353 e. The molecule has 1 aromatic heterocycles. The SMILES string of the molecule is CCc1nn(C)c(N(C)CC2CCCCN2)c1[N+](=O)[O-]. The van der Waals surface area contributed by atoms with Crippen molar-refractivity contribution in [2.24, 2.45) is 7.05 Å². The Bertz CT molecular complexity index is 479. The molecule has 1 aliphatic rings. The smallest absolute Gasteiger partial charge is 0.334 e. The van der Waals surface area contributed by atoms with Crippen LogP contribution in [-0.4, -0.2) is 40.9 Å². The Morgan fingerprint density at radius 1 is 1.55 bits per heavy atom. The zero-order valence-electron chi connectivity index (χ0n) is 12.4. The van der Waals surface area contributed by atoms with Crippen LogP contribution in [0.4, 0.5) is 11.5 Å². The van der Waals surface area contributed by atoms with Crippen molar-refractivity contribution in [3.63, 3.8) is 0 Å². The average Bonchev–Trinajstić information content (AvgIpc) is 2.77. The van der Waals surface area contributed by atoms with E-state index in [0.717, 1.165) is 19.5 Å². The molecule has 0 bridgehead atoms. The largest absolute Gasteiger partial charge is 0.353 e. The molecule has 7 heteroatoms. The number of piperidine rings is 1. The van der Waals surface area contributed by atoms with E-state index in [1.54, 1.807) is 11.7 Å². The van der Waals surface area contributed by atoms with Crippen LogP contribution in [0.15, 0.2) is 0 Å². The number of aryl methyl sites for hydroxylation is 2. The summed E-state index contributed by atoms with van der Waals surface area (Å²) in [5, 5.41) is 19.1.